The van der Waals surface area contributed by atoms with Gasteiger partial charge in [0.15, 0.2) is 0 Å². The van der Waals surface area contributed by atoms with E-state index in [4.69, 9.17) is 0 Å². The summed E-state index contributed by atoms with van der Waals surface area (Å²) in [6.07, 6.45) is 0. The molecule has 1 saturated heterocycles. The van der Waals surface area contributed by atoms with Gasteiger partial charge in [0.2, 0.25) is 10.0 Å². The molecule has 7 heteroatoms. The van der Waals surface area contributed by atoms with Crippen LogP contribution in [0.5, 0.6) is 0 Å². The molecule has 0 unspecified atom stereocenters. The van der Waals surface area contributed by atoms with E-state index in [2.05, 4.69) is 5.32 Å². The molecule has 0 atom stereocenters. The SMILES string of the molecule is Cc1ccc(C)c(S(=O)(=O)N2CCN(C(=O)Nc3cccc4ccccc34)CC2)c1. The summed E-state index contributed by atoms with van der Waals surface area (Å²) in [5.41, 5.74) is 2.40. The van der Waals surface area contributed by atoms with Gasteiger partial charge in [-0.25, -0.2) is 13.2 Å². The number of nitrogens with zero attached hydrogens (tertiary/aromatic N) is 2. The number of fused-ring (bicyclic) bond motifs is 1. The first kappa shape index (κ1) is 20.4. The molecule has 156 valence electrons. The number of rotatable bonds is 3. The number of urea groups is 1. The van der Waals surface area contributed by atoms with Gasteiger partial charge in [0.1, 0.15) is 0 Å². The summed E-state index contributed by atoms with van der Waals surface area (Å²) in [7, 11) is -3.58. The highest BCUT2D eigenvalue weighted by Gasteiger charge is 2.31. The van der Waals surface area contributed by atoms with E-state index >= 15 is 0 Å². The minimum Gasteiger partial charge on any atom is -0.322 e. The summed E-state index contributed by atoms with van der Waals surface area (Å²) in [5.74, 6) is 0. The lowest BCUT2D eigenvalue weighted by atomic mass is 10.1. The van der Waals surface area contributed by atoms with Gasteiger partial charge >= 0.3 is 6.03 Å². The maximum Gasteiger partial charge on any atom is 0.321 e. The summed E-state index contributed by atoms with van der Waals surface area (Å²) in [4.78, 5) is 14.8. The van der Waals surface area contributed by atoms with Crippen LogP contribution < -0.4 is 5.32 Å². The summed E-state index contributed by atoms with van der Waals surface area (Å²) in [6, 6.07) is 18.9. The highest BCUT2D eigenvalue weighted by atomic mass is 32.2. The lowest BCUT2D eigenvalue weighted by Gasteiger charge is -2.34. The van der Waals surface area contributed by atoms with Gasteiger partial charge < -0.3 is 10.2 Å². The molecule has 0 saturated carbocycles. The fourth-order valence-electron chi connectivity index (χ4n) is 3.78. The van der Waals surface area contributed by atoms with Crippen LogP contribution in [0.2, 0.25) is 0 Å². The standard InChI is InChI=1S/C23H25N3O3S/c1-17-10-11-18(2)22(16-17)30(28,29)26-14-12-25(13-15-26)23(27)24-21-9-5-7-19-6-3-4-8-20(19)21/h3-11,16H,12-15H2,1-2H3,(H,24,27). The van der Waals surface area contributed by atoms with Crippen molar-refractivity contribution in [2.75, 3.05) is 31.5 Å². The molecule has 4 rings (SSSR count). The zero-order valence-corrected chi connectivity index (χ0v) is 17.9. The van der Waals surface area contributed by atoms with E-state index < -0.39 is 10.0 Å². The van der Waals surface area contributed by atoms with Crippen LogP contribution in [0, 0.1) is 13.8 Å². The number of carbonyl (C=O) groups is 1. The van der Waals surface area contributed by atoms with Crippen LogP contribution in [0.1, 0.15) is 11.1 Å². The number of nitrogens with one attached hydrogen (secondary N) is 1. The Kier molecular flexibility index (Phi) is 5.49. The maximum absolute atomic E-state index is 13.1. The van der Waals surface area contributed by atoms with Crippen molar-refractivity contribution in [3.05, 3.63) is 71.8 Å². The van der Waals surface area contributed by atoms with Crippen molar-refractivity contribution in [1.82, 2.24) is 9.21 Å². The number of carbonyl (C=O) groups excluding carboxylic acids is 1. The van der Waals surface area contributed by atoms with Crippen molar-refractivity contribution in [3.63, 3.8) is 0 Å². The molecule has 6 nitrogen and oxygen atoms in total. The topological polar surface area (TPSA) is 69.7 Å². The number of piperazine rings is 1. The first-order valence-corrected chi connectivity index (χ1v) is 11.4. The smallest absolute Gasteiger partial charge is 0.321 e. The highest BCUT2D eigenvalue weighted by molar-refractivity contribution is 7.89. The van der Waals surface area contributed by atoms with Crippen molar-refractivity contribution in [3.8, 4) is 0 Å². The molecular weight excluding hydrogens is 398 g/mol. The van der Waals surface area contributed by atoms with E-state index in [1.54, 1.807) is 17.9 Å². The Morgan fingerprint density at radius 1 is 0.900 bits per heavy atom. The molecule has 0 aliphatic carbocycles. The lowest BCUT2D eigenvalue weighted by molar-refractivity contribution is 0.184. The predicted molar refractivity (Wildman–Crippen MR) is 119 cm³/mol. The van der Waals surface area contributed by atoms with E-state index in [0.29, 0.717) is 18.0 Å². The Hall–Kier alpha value is -2.90. The van der Waals surface area contributed by atoms with Crippen LogP contribution in [0.3, 0.4) is 0 Å². The second kappa shape index (κ2) is 8.08. The summed E-state index contributed by atoms with van der Waals surface area (Å²) in [5, 5.41) is 5.01. The van der Waals surface area contributed by atoms with Crippen molar-refractivity contribution in [2.24, 2.45) is 0 Å². The molecule has 2 amide bonds. The monoisotopic (exact) mass is 423 g/mol. The van der Waals surface area contributed by atoms with E-state index in [9.17, 15) is 13.2 Å². The molecule has 1 heterocycles. The van der Waals surface area contributed by atoms with E-state index in [1.165, 1.54) is 4.31 Å². The fourth-order valence-corrected chi connectivity index (χ4v) is 5.52. The Labute approximate surface area is 177 Å². The molecule has 3 aromatic rings. The molecule has 1 aliphatic rings. The normalized spacial score (nSPS) is 15.3. The number of sulfonamides is 1. The minimum atomic E-state index is -3.58. The number of hydrogen-bond acceptors (Lipinski definition) is 3. The van der Waals surface area contributed by atoms with E-state index in [0.717, 1.165) is 27.6 Å². The van der Waals surface area contributed by atoms with Crippen LogP contribution in [0.4, 0.5) is 10.5 Å². The molecule has 0 bridgehead atoms. The molecule has 0 radical (unpaired) electrons. The fraction of sp³-hybridized carbons (Fsp3) is 0.261. The molecule has 30 heavy (non-hydrogen) atoms. The third-order valence-electron chi connectivity index (χ3n) is 5.52. The molecule has 1 fully saturated rings. The van der Waals surface area contributed by atoms with Crippen molar-refractivity contribution in [1.29, 1.82) is 0 Å². The van der Waals surface area contributed by atoms with Gasteiger partial charge in [-0.3, -0.25) is 0 Å². The number of anilines is 1. The van der Waals surface area contributed by atoms with Gasteiger partial charge in [-0.2, -0.15) is 4.31 Å². The van der Waals surface area contributed by atoms with Gasteiger partial charge in [-0.05, 0) is 42.5 Å². The van der Waals surface area contributed by atoms with Gasteiger partial charge in [0.25, 0.3) is 0 Å². The number of benzene rings is 3. The van der Waals surface area contributed by atoms with Gasteiger partial charge in [0, 0.05) is 31.6 Å². The summed E-state index contributed by atoms with van der Waals surface area (Å²) in [6.45, 7) is 4.94. The molecule has 1 N–H and O–H groups in total. The van der Waals surface area contributed by atoms with Gasteiger partial charge in [-0.15, -0.1) is 0 Å². The van der Waals surface area contributed by atoms with Gasteiger partial charge in [0.05, 0.1) is 10.6 Å². The number of amides is 2. The average Bonchev–Trinajstić information content (AvgIpc) is 2.75. The zero-order chi connectivity index (χ0) is 21.3. The first-order valence-electron chi connectivity index (χ1n) is 9.97. The summed E-state index contributed by atoms with van der Waals surface area (Å²) < 4.78 is 27.6. The van der Waals surface area contributed by atoms with Crippen LogP contribution in [-0.4, -0.2) is 49.8 Å². The Morgan fingerprint density at radius 2 is 1.60 bits per heavy atom. The van der Waals surface area contributed by atoms with Crippen LogP contribution in [0.25, 0.3) is 10.8 Å². The van der Waals surface area contributed by atoms with Crippen LogP contribution in [0.15, 0.2) is 65.6 Å². The predicted octanol–water partition coefficient (Wildman–Crippen LogP) is 4.00. The second-order valence-corrected chi connectivity index (χ2v) is 9.52. The molecular formula is C23H25N3O3S. The Bertz CT molecular complexity index is 1190. The van der Waals surface area contributed by atoms with Crippen LogP contribution >= 0.6 is 0 Å². The van der Waals surface area contributed by atoms with Crippen LogP contribution in [-0.2, 0) is 10.0 Å². The Balaban J connectivity index is 1.45. The molecule has 0 spiro atoms. The zero-order valence-electron chi connectivity index (χ0n) is 17.1. The second-order valence-electron chi connectivity index (χ2n) is 7.62. The minimum absolute atomic E-state index is 0.213. The maximum atomic E-state index is 13.1. The Morgan fingerprint density at radius 3 is 2.37 bits per heavy atom. The largest absolute Gasteiger partial charge is 0.322 e. The van der Waals surface area contributed by atoms with Crippen molar-refractivity contribution in [2.45, 2.75) is 18.7 Å². The van der Waals surface area contributed by atoms with E-state index in [-0.39, 0.29) is 19.1 Å². The first-order chi connectivity index (χ1) is 14.4. The summed E-state index contributed by atoms with van der Waals surface area (Å²) >= 11 is 0. The van der Waals surface area contributed by atoms with Crippen molar-refractivity contribution >= 4 is 32.5 Å². The third-order valence-corrected chi connectivity index (χ3v) is 7.56. The van der Waals surface area contributed by atoms with Gasteiger partial charge in [-0.1, -0.05) is 48.5 Å². The number of hydrogen-bond donors (Lipinski definition) is 1. The van der Waals surface area contributed by atoms with Crippen molar-refractivity contribution < 1.29 is 13.2 Å². The van der Waals surface area contributed by atoms with E-state index in [1.807, 2.05) is 61.5 Å². The average molecular weight is 424 g/mol. The number of aryl methyl sites for hydroxylation is 2. The molecule has 3 aromatic carbocycles. The lowest BCUT2D eigenvalue weighted by Crippen LogP contribution is -2.51. The molecule has 1 aliphatic heterocycles. The highest BCUT2D eigenvalue weighted by Crippen LogP contribution is 2.25. The molecule has 0 aromatic heterocycles. The quantitative estimate of drug-likeness (QED) is 0.692. The third kappa shape index (κ3) is 3.91.